The van der Waals surface area contributed by atoms with Gasteiger partial charge in [0.25, 0.3) is 0 Å². The molecule has 2 fully saturated rings. The van der Waals surface area contributed by atoms with Crippen LogP contribution in [0.5, 0.6) is 11.5 Å². The molecule has 1 aliphatic carbocycles. The van der Waals surface area contributed by atoms with E-state index in [0.717, 1.165) is 12.8 Å². The molecule has 30 heavy (non-hydrogen) atoms. The third kappa shape index (κ3) is 4.39. The van der Waals surface area contributed by atoms with Crippen LogP contribution in [0.1, 0.15) is 32.1 Å². The summed E-state index contributed by atoms with van der Waals surface area (Å²) < 4.78 is 10.5. The minimum Gasteiger partial charge on any atom is -0.493 e. The smallest absolute Gasteiger partial charge is 0.247 e. The molecule has 164 valence electrons. The Morgan fingerprint density at radius 1 is 1.17 bits per heavy atom. The zero-order valence-corrected chi connectivity index (χ0v) is 19.0. The molecule has 0 radical (unpaired) electrons. The van der Waals surface area contributed by atoms with Gasteiger partial charge in [0.15, 0.2) is 11.5 Å². The van der Waals surface area contributed by atoms with E-state index in [0.29, 0.717) is 42.2 Å². The van der Waals surface area contributed by atoms with Crippen molar-refractivity contribution >= 4 is 46.8 Å². The lowest BCUT2D eigenvalue weighted by molar-refractivity contribution is -0.146. The van der Waals surface area contributed by atoms with Crippen molar-refractivity contribution in [2.24, 2.45) is 11.8 Å². The first kappa shape index (κ1) is 22.7. The molecule has 9 heteroatoms. The Morgan fingerprint density at radius 3 is 2.27 bits per heavy atom. The van der Waals surface area contributed by atoms with Crippen molar-refractivity contribution in [2.75, 3.05) is 31.5 Å². The molecule has 0 bridgehead atoms. The summed E-state index contributed by atoms with van der Waals surface area (Å²) in [5.74, 6) is 0.0447. The van der Waals surface area contributed by atoms with E-state index in [4.69, 9.17) is 21.1 Å². The van der Waals surface area contributed by atoms with Gasteiger partial charge in [-0.1, -0.05) is 24.4 Å². The van der Waals surface area contributed by atoms with E-state index in [1.54, 1.807) is 23.9 Å². The summed E-state index contributed by atoms with van der Waals surface area (Å²) in [5.41, 5.74) is 0.338. The Hall–Kier alpha value is -1.93. The molecule has 1 N–H and O–H groups in total. The lowest BCUT2D eigenvalue weighted by Gasteiger charge is -2.26. The predicted molar refractivity (Wildman–Crippen MR) is 117 cm³/mol. The fraction of sp³-hybridized carbons (Fsp3) is 0.571. The van der Waals surface area contributed by atoms with Gasteiger partial charge < -0.3 is 14.8 Å². The van der Waals surface area contributed by atoms with Crippen LogP contribution < -0.4 is 14.8 Å². The number of hydrogen-bond donors (Lipinski definition) is 1. The highest BCUT2D eigenvalue weighted by Gasteiger charge is 2.51. The Balaban J connectivity index is 1.86. The molecule has 1 saturated heterocycles. The van der Waals surface area contributed by atoms with Gasteiger partial charge in [-0.25, -0.2) is 0 Å². The monoisotopic (exact) mass is 454 g/mol. The summed E-state index contributed by atoms with van der Waals surface area (Å²) in [6.45, 7) is 0. The quantitative estimate of drug-likeness (QED) is 0.604. The minimum absolute atomic E-state index is 0.218. The van der Waals surface area contributed by atoms with Crippen LogP contribution in [-0.2, 0) is 14.4 Å². The second-order valence-corrected chi connectivity index (χ2v) is 8.91. The summed E-state index contributed by atoms with van der Waals surface area (Å²) in [5, 5.41) is 3.06. The zero-order chi connectivity index (χ0) is 21.8. The van der Waals surface area contributed by atoms with Gasteiger partial charge in [-0.2, -0.15) is 11.8 Å². The number of thioether (sulfide) groups is 1. The van der Waals surface area contributed by atoms with Crippen molar-refractivity contribution in [3.63, 3.8) is 0 Å². The molecule has 3 atom stereocenters. The second-order valence-electron chi connectivity index (χ2n) is 7.52. The fourth-order valence-corrected chi connectivity index (χ4v) is 4.93. The number of anilines is 1. The lowest BCUT2D eigenvalue weighted by Crippen LogP contribution is -2.48. The number of carbonyl (C=O) groups is 3. The van der Waals surface area contributed by atoms with Crippen LogP contribution >= 0.6 is 23.4 Å². The lowest BCUT2D eigenvalue weighted by atomic mass is 9.81. The molecule has 3 rings (SSSR count). The highest BCUT2D eigenvalue weighted by Crippen LogP contribution is 2.40. The maximum atomic E-state index is 13.2. The maximum Gasteiger partial charge on any atom is 0.247 e. The number of nitrogens with one attached hydrogen (secondary N) is 1. The van der Waals surface area contributed by atoms with Crippen LogP contribution in [0.15, 0.2) is 12.1 Å². The van der Waals surface area contributed by atoms with E-state index >= 15 is 0 Å². The standard InChI is InChI=1S/C21H27ClN2O5S/c1-28-17-10-14(22)15(11-18(17)29-2)23-19(25)16(8-9-30-3)24-20(26)12-6-4-5-7-13(12)21(24)27/h10-13,16H,4-9H2,1-3H3,(H,23,25)/t12-,13+,16-/m1/s1. The SMILES string of the molecule is COc1cc(Cl)c(NC(=O)[C@@H](CCSC)N2C(=O)[C@H]3CCCC[C@H]3C2=O)cc1OC. The maximum absolute atomic E-state index is 13.2. The summed E-state index contributed by atoms with van der Waals surface area (Å²) in [4.78, 5) is 40.5. The van der Waals surface area contributed by atoms with Crippen molar-refractivity contribution in [1.29, 1.82) is 0 Å². The Labute approximate surface area is 185 Å². The number of hydrogen-bond acceptors (Lipinski definition) is 6. The number of imide groups is 1. The number of ether oxygens (including phenoxy) is 2. The molecule has 3 amide bonds. The predicted octanol–water partition coefficient (Wildman–Crippen LogP) is 3.59. The van der Waals surface area contributed by atoms with Gasteiger partial charge >= 0.3 is 0 Å². The number of likely N-dealkylation sites (tertiary alicyclic amines) is 1. The number of methoxy groups -OCH3 is 2. The van der Waals surface area contributed by atoms with Crippen molar-refractivity contribution in [2.45, 2.75) is 38.1 Å². The first-order chi connectivity index (χ1) is 14.4. The zero-order valence-electron chi connectivity index (χ0n) is 17.4. The van der Waals surface area contributed by atoms with E-state index in [-0.39, 0.29) is 28.7 Å². The average molecular weight is 455 g/mol. The van der Waals surface area contributed by atoms with E-state index < -0.39 is 11.9 Å². The minimum atomic E-state index is -0.868. The Morgan fingerprint density at radius 2 is 1.73 bits per heavy atom. The second kappa shape index (κ2) is 9.92. The average Bonchev–Trinajstić information content (AvgIpc) is 3.00. The van der Waals surface area contributed by atoms with E-state index in [1.165, 1.54) is 19.1 Å². The van der Waals surface area contributed by atoms with Crippen LogP contribution in [0.4, 0.5) is 5.69 Å². The molecule has 1 aromatic rings. The third-order valence-electron chi connectivity index (χ3n) is 5.82. The van der Waals surface area contributed by atoms with Crippen LogP contribution in [-0.4, -0.2) is 54.9 Å². The normalized spacial score (nSPS) is 21.9. The van der Waals surface area contributed by atoms with Crippen molar-refractivity contribution < 1.29 is 23.9 Å². The molecular weight excluding hydrogens is 428 g/mol. The molecule has 7 nitrogen and oxygen atoms in total. The largest absolute Gasteiger partial charge is 0.493 e. The number of fused-ring (bicyclic) bond motifs is 1. The number of benzene rings is 1. The van der Waals surface area contributed by atoms with Crippen molar-refractivity contribution in [1.82, 2.24) is 4.90 Å². The Bertz CT molecular complexity index is 810. The molecular formula is C21H27ClN2O5S. The van der Waals surface area contributed by atoms with E-state index in [9.17, 15) is 14.4 Å². The van der Waals surface area contributed by atoms with Gasteiger partial charge in [-0.15, -0.1) is 0 Å². The molecule has 0 spiro atoms. The molecule has 2 aliphatic rings. The first-order valence-electron chi connectivity index (χ1n) is 10.0. The van der Waals surface area contributed by atoms with Crippen LogP contribution in [0.3, 0.4) is 0 Å². The first-order valence-corrected chi connectivity index (χ1v) is 11.8. The van der Waals surface area contributed by atoms with Gasteiger partial charge in [-0.05, 0) is 31.3 Å². The van der Waals surface area contributed by atoms with Crippen molar-refractivity contribution in [3.05, 3.63) is 17.2 Å². The molecule has 0 aromatic heterocycles. The van der Waals surface area contributed by atoms with Crippen LogP contribution in [0, 0.1) is 11.8 Å². The van der Waals surface area contributed by atoms with Gasteiger partial charge in [0.05, 0.1) is 36.8 Å². The summed E-state index contributed by atoms with van der Waals surface area (Å²) >= 11 is 7.87. The van der Waals surface area contributed by atoms with Gasteiger partial charge in [0.2, 0.25) is 17.7 Å². The Kier molecular flexibility index (Phi) is 7.52. The molecule has 1 heterocycles. The van der Waals surface area contributed by atoms with Gasteiger partial charge in [0.1, 0.15) is 6.04 Å². The highest BCUT2D eigenvalue weighted by molar-refractivity contribution is 7.98. The number of halogens is 1. The summed E-state index contributed by atoms with van der Waals surface area (Å²) in [6, 6.07) is 2.25. The number of nitrogens with zero attached hydrogens (tertiary/aromatic N) is 1. The molecule has 1 saturated carbocycles. The van der Waals surface area contributed by atoms with Gasteiger partial charge in [0, 0.05) is 12.1 Å². The number of amides is 3. The molecule has 1 aliphatic heterocycles. The van der Waals surface area contributed by atoms with E-state index in [1.807, 2.05) is 6.26 Å². The summed E-state index contributed by atoms with van der Waals surface area (Å²) in [7, 11) is 2.98. The van der Waals surface area contributed by atoms with Crippen LogP contribution in [0.25, 0.3) is 0 Å². The number of rotatable bonds is 8. The van der Waals surface area contributed by atoms with Gasteiger partial charge in [-0.3, -0.25) is 19.3 Å². The van der Waals surface area contributed by atoms with Crippen molar-refractivity contribution in [3.8, 4) is 11.5 Å². The van der Waals surface area contributed by atoms with E-state index in [2.05, 4.69) is 5.32 Å². The van der Waals surface area contributed by atoms with Crippen LogP contribution in [0.2, 0.25) is 5.02 Å². The fourth-order valence-electron chi connectivity index (χ4n) is 4.27. The topological polar surface area (TPSA) is 84.9 Å². The third-order valence-corrected chi connectivity index (χ3v) is 6.77. The molecule has 1 aromatic carbocycles. The summed E-state index contributed by atoms with van der Waals surface area (Å²) in [6.07, 6.45) is 5.62. The number of carbonyl (C=O) groups excluding carboxylic acids is 3. The molecule has 0 unspecified atom stereocenters. The highest BCUT2D eigenvalue weighted by atomic mass is 35.5.